The van der Waals surface area contributed by atoms with Crippen molar-refractivity contribution in [1.29, 1.82) is 0 Å². The average Bonchev–Trinajstić information content (AvgIpc) is 3.00. The summed E-state index contributed by atoms with van der Waals surface area (Å²) in [5.41, 5.74) is 3.02. The second kappa shape index (κ2) is 10.5. The van der Waals surface area contributed by atoms with Gasteiger partial charge < -0.3 is 14.6 Å². The molecule has 1 fully saturated rings. The number of ether oxygens (including phenoxy) is 2. The maximum absolute atomic E-state index is 12.6. The minimum absolute atomic E-state index is 0.0628. The molecule has 2 aromatic carbocycles. The molecular formula is C23H23NO5S2. The molecule has 1 heterocycles. The molecule has 0 aromatic heterocycles. The lowest BCUT2D eigenvalue weighted by Gasteiger charge is -2.13. The second-order valence-corrected chi connectivity index (χ2v) is 8.57. The summed E-state index contributed by atoms with van der Waals surface area (Å²) >= 11 is 6.39. The number of aryl methyl sites for hydroxylation is 1. The van der Waals surface area contributed by atoms with E-state index < -0.39 is 5.97 Å². The highest BCUT2D eigenvalue weighted by Crippen LogP contribution is 2.35. The topological polar surface area (TPSA) is 76.1 Å². The third kappa shape index (κ3) is 6.08. The molecule has 0 bridgehead atoms. The lowest BCUT2D eigenvalue weighted by Crippen LogP contribution is -2.30. The van der Waals surface area contributed by atoms with Crippen molar-refractivity contribution in [3.63, 3.8) is 0 Å². The molecule has 1 amide bonds. The molecule has 0 unspecified atom stereocenters. The minimum Gasteiger partial charge on any atom is -0.490 e. The number of hydrogen-bond acceptors (Lipinski definition) is 6. The van der Waals surface area contributed by atoms with Gasteiger partial charge in [-0.15, -0.1) is 0 Å². The molecule has 162 valence electrons. The van der Waals surface area contributed by atoms with E-state index in [2.05, 4.69) is 0 Å². The highest BCUT2D eigenvalue weighted by atomic mass is 32.2. The Labute approximate surface area is 190 Å². The van der Waals surface area contributed by atoms with Crippen LogP contribution < -0.4 is 9.47 Å². The van der Waals surface area contributed by atoms with Gasteiger partial charge >= 0.3 is 5.97 Å². The van der Waals surface area contributed by atoms with Crippen LogP contribution >= 0.6 is 24.0 Å². The summed E-state index contributed by atoms with van der Waals surface area (Å²) in [4.78, 5) is 25.2. The summed E-state index contributed by atoms with van der Waals surface area (Å²) < 4.78 is 12.0. The van der Waals surface area contributed by atoms with Gasteiger partial charge in [0.05, 0.1) is 17.9 Å². The number of carboxylic acids is 1. The first-order valence-electron chi connectivity index (χ1n) is 9.79. The zero-order valence-corrected chi connectivity index (χ0v) is 18.9. The summed E-state index contributed by atoms with van der Waals surface area (Å²) in [7, 11) is 0. The highest BCUT2D eigenvalue weighted by Gasteiger charge is 2.32. The highest BCUT2D eigenvalue weighted by molar-refractivity contribution is 8.26. The van der Waals surface area contributed by atoms with Crippen molar-refractivity contribution >= 4 is 46.3 Å². The van der Waals surface area contributed by atoms with Crippen molar-refractivity contribution in [2.24, 2.45) is 0 Å². The van der Waals surface area contributed by atoms with E-state index in [0.29, 0.717) is 33.9 Å². The molecule has 1 saturated heterocycles. The monoisotopic (exact) mass is 457 g/mol. The Hall–Kier alpha value is -2.84. The predicted molar refractivity (Wildman–Crippen MR) is 125 cm³/mol. The molecule has 0 aliphatic carbocycles. The van der Waals surface area contributed by atoms with E-state index in [1.54, 1.807) is 6.08 Å². The first-order valence-corrected chi connectivity index (χ1v) is 11.0. The summed E-state index contributed by atoms with van der Waals surface area (Å²) in [6, 6.07) is 13.6. The molecule has 1 N–H and O–H groups in total. The molecule has 2 aromatic rings. The molecule has 1 aliphatic rings. The Balaban J connectivity index is 1.75. The first kappa shape index (κ1) is 22.8. The molecule has 6 nitrogen and oxygen atoms in total. The van der Waals surface area contributed by atoms with E-state index in [1.807, 2.05) is 56.3 Å². The number of aliphatic carboxylic acids is 1. The molecule has 1 aliphatic heterocycles. The van der Waals surface area contributed by atoms with Crippen LogP contribution in [-0.4, -0.2) is 39.4 Å². The minimum atomic E-state index is -0.972. The zero-order chi connectivity index (χ0) is 22.4. The third-order valence-electron chi connectivity index (χ3n) is 4.50. The summed E-state index contributed by atoms with van der Waals surface area (Å²) in [6.07, 6.45) is 1.58. The van der Waals surface area contributed by atoms with Crippen LogP contribution in [0.1, 0.15) is 30.0 Å². The van der Waals surface area contributed by atoms with Crippen LogP contribution in [0.3, 0.4) is 0 Å². The summed E-state index contributed by atoms with van der Waals surface area (Å²) in [5.74, 6) is -0.0483. The predicted octanol–water partition coefficient (Wildman–Crippen LogP) is 4.65. The number of nitrogens with zero attached hydrogens (tertiary/aromatic N) is 1. The van der Waals surface area contributed by atoms with Crippen molar-refractivity contribution in [3.05, 3.63) is 64.1 Å². The van der Waals surface area contributed by atoms with E-state index in [1.165, 1.54) is 10.5 Å². The number of thiocarbonyl (C=S) groups is 1. The van der Waals surface area contributed by atoms with Gasteiger partial charge in [0.15, 0.2) is 11.5 Å². The Morgan fingerprint density at radius 1 is 1.16 bits per heavy atom. The van der Waals surface area contributed by atoms with E-state index in [-0.39, 0.29) is 18.9 Å². The van der Waals surface area contributed by atoms with E-state index in [9.17, 15) is 9.59 Å². The Kier molecular flexibility index (Phi) is 7.70. The van der Waals surface area contributed by atoms with Crippen LogP contribution in [0.5, 0.6) is 11.5 Å². The van der Waals surface area contributed by atoms with Gasteiger partial charge in [-0.3, -0.25) is 14.5 Å². The van der Waals surface area contributed by atoms with Crippen molar-refractivity contribution in [2.75, 3.05) is 13.2 Å². The molecule has 0 atom stereocenters. The van der Waals surface area contributed by atoms with Crippen molar-refractivity contribution in [2.45, 2.75) is 26.9 Å². The summed E-state index contributed by atoms with van der Waals surface area (Å²) in [6.45, 7) is 4.89. The van der Waals surface area contributed by atoms with Crippen LogP contribution in [0.2, 0.25) is 0 Å². The normalized spacial score (nSPS) is 14.9. The fraction of sp³-hybridized carbons (Fsp3) is 0.261. The second-order valence-electron chi connectivity index (χ2n) is 6.89. The van der Waals surface area contributed by atoms with Gasteiger partial charge in [-0.05, 0) is 43.2 Å². The van der Waals surface area contributed by atoms with Gasteiger partial charge in [0, 0.05) is 6.54 Å². The van der Waals surface area contributed by atoms with Crippen molar-refractivity contribution in [3.8, 4) is 11.5 Å². The number of carbonyl (C=O) groups excluding carboxylic acids is 1. The lowest BCUT2D eigenvalue weighted by atomic mass is 10.1. The van der Waals surface area contributed by atoms with Crippen LogP contribution in [0.25, 0.3) is 6.08 Å². The van der Waals surface area contributed by atoms with Gasteiger partial charge in [-0.25, -0.2) is 0 Å². The number of carboxylic acid groups (broad SMARTS) is 1. The number of rotatable bonds is 9. The van der Waals surface area contributed by atoms with Crippen LogP contribution in [0, 0.1) is 6.92 Å². The lowest BCUT2D eigenvalue weighted by molar-refractivity contribution is -0.137. The molecule has 0 spiro atoms. The van der Waals surface area contributed by atoms with Crippen LogP contribution in [-0.2, 0) is 16.2 Å². The fourth-order valence-corrected chi connectivity index (χ4v) is 4.21. The van der Waals surface area contributed by atoms with Crippen LogP contribution in [0.15, 0.2) is 47.4 Å². The smallest absolute Gasteiger partial charge is 0.305 e. The SMILES string of the molecule is CCOc1cc(/C=C2\SC(=S)N(CCC(=O)O)C2=O)ccc1OCc1ccc(C)cc1. The molecule has 8 heteroatoms. The number of carbonyl (C=O) groups is 2. The van der Waals surface area contributed by atoms with Gasteiger partial charge in [0.2, 0.25) is 0 Å². The Morgan fingerprint density at radius 2 is 1.90 bits per heavy atom. The fourth-order valence-electron chi connectivity index (χ4n) is 2.90. The number of thioether (sulfide) groups is 1. The van der Waals surface area contributed by atoms with E-state index >= 15 is 0 Å². The van der Waals surface area contributed by atoms with Gasteiger partial charge in [-0.1, -0.05) is 59.9 Å². The van der Waals surface area contributed by atoms with Gasteiger partial charge in [0.25, 0.3) is 5.91 Å². The van der Waals surface area contributed by atoms with Crippen molar-refractivity contribution in [1.82, 2.24) is 4.90 Å². The summed E-state index contributed by atoms with van der Waals surface area (Å²) in [5, 5.41) is 8.85. The molecule has 31 heavy (non-hydrogen) atoms. The quantitative estimate of drug-likeness (QED) is 0.434. The van der Waals surface area contributed by atoms with Gasteiger partial charge in [-0.2, -0.15) is 0 Å². The molecule has 3 rings (SSSR count). The largest absolute Gasteiger partial charge is 0.490 e. The molecular weight excluding hydrogens is 434 g/mol. The van der Waals surface area contributed by atoms with Gasteiger partial charge in [0.1, 0.15) is 10.9 Å². The number of hydrogen-bond donors (Lipinski definition) is 1. The van der Waals surface area contributed by atoms with E-state index in [0.717, 1.165) is 22.9 Å². The average molecular weight is 458 g/mol. The third-order valence-corrected chi connectivity index (χ3v) is 5.88. The molecule has 0 saturated carbocycles. The van der Waals surface area contributed by atoms with Crippen LogP contribution in [0.4, 0.5) is 0 Å². The standard InChI is InChI=1S/C23H23NO5S2/c1-3-28-19-12-17(8-9-18(19)29-14-16-6-4-15(2)5-7-16)13-20-22(27)24(23(30)31-20)11-10-21(25)26/h4-9,12-13H,3,10-11,14H2,1-2H3,(H,25,26)/b20-13-. The Bertz CT molecular complexity index is 1020. The zero-order valence-electron chi connectivity index (χ0n) is 17.3. The first-order chi connectivity index (χ1) is 14.9. The number of amides is 1. The Morgan fingerprint density at radius 3 is 2.58 bits per heavy atom. The maximum atomic E-state index is 12.6. The number of benzene rings is 2. The van der Waals surface area contributed by atoms with Crippen molar-refractivity contribution < 1.29 is 24.2 Å². The maximum Gasteiger partial charge on any atom is 0.305 e. The molecule has 0 radical (unpaired) electrons. The van der Waals surface area contributed by atoms with E-state index in [4.69, 9.17) is 26.8 Å².